The van der Waals surface area contributed by atoms with Crippen molar-refractivity contribution in [3.05, 3.63) is 120 Å². The summed E-state index contributed by atoms with van der Waals surface area (Å²) in [4.78, 5) is 38.0. The number of rotatable bonds is 6. The topological polar surface area (TPSA) is 149 Å². The number of aliphatic imine (C=N–C) groups is 1. The van der Waals surface area contributed by atoms with E-state index in [1.165, 1.54) is 54.7 Å². The van der Waals surface area contributed by atoms with Gasteiger partial charge >= 0.3 is 5.63 Å². The van der Waals surface area contributed by atoms with Gasteiger partial charge in [-0.15, -0.1) is 0 Å². The molecule has 0 amide bonds. The van der Waals surface area contributed by atoms with Gasteiger partial charge in [-0.1, -0.05) is 24.3 Å². The van der Waals surface area contributed by atoms with E-state index < -0.39 is 21.5 Å². The van der Waals surface area contributed by atoms with E-state index >= 15 is 0 Å². The molecule has 1 atom stereocenters. The third kappa shape index (κ3) is 4.37. The molecule has 4 rings (SSSR count). The zero-order chi connectivity index (χ0) is 24.4. The van der Waals surface area contributed by atoms with Crippen molar-refractivity contribution in [1.29, 1.82) is 0 Å². The number of aromatic hydroxyl groups is 1. The first-order valence-electron chi connectivity index (χ1n) is 10.0. The zero-order valence-electron chi connectivity index (χ0n) is 17.7. The Kier molecular flexibility index (Phi) is 5.88. The van der Waals surface area contributed by atoms with Crippen LogP contribution < -0.4 is 5.63 Å². The van der Waals surface area contributed by atoms with Gasteiger partial charge < -0.3 is 9.52 Å². The van der Waals surface area contributed by atoms with Crippen LogP contribution in [0.5, 0.6) is 5.75 Å². The lowest BCUT2D eigenvalue weighted by Gasteiger charge is -2.17. The molecule has 1 N–H and O–H groups in total. The molecule has 10 heteroatoms. The molecule has 0 fully saturated rings. The summed E-state index contributed by atoms with van der Waals surface area (Å²) in [5.74, 6) is -0.228. The van der Waals surface area contributed by atoms with E-state index in [4.69, 9.17) is 4.42 Å². The Morgan fingerprint density at radius 2 is 1.65 bits per heavy atom. The van der Waals surface area contributed by atoms with E-state index in [1.807, 2.05) is 0 Å². The van der Waals surface area contributed by atoms with Gasteiger partial charge in [0.25, 0.3) is 11.4 Å². The number of hydrogen-bond acceptors (Lipinski definition) is 8. The molecule has 0 aliphatic heterocycles. The lowest BCUT2D eigenvalue weighted by Crippen LogP contribution is -2.05. The number of phenols is 1. The van der Waals surface area contributed by atoms with Gasteiger partial charge in [0.1, 0.15) is 17.4 Å². The van der Waals surface area contributed by atoms with Gasteiger partial charge in [0, 0.05) is 41.9 Å². The fraction of sp³-hybridized carbons (Fsp3) is 0.0833. The minimum absolute atomic E-state index is 0.0951. The molecule has 0 saturated heterocycles. The van der Waals surface area contributed by atoms with Crippen LogP contribution in [0.1, 0.15) is 28.3 Å². The zero-order valence-corrected chi connectivity index (χ0v) is 17.7. The highest BCUT2D eigenvalue weighted by Crippen LogP contribution is 2.39. The molecule has 0 spiro atoms. The van der Waals surface area contributed by atoms with E-state index in [0.29, 0.717) is 22.1 Å². The summed E-state index contributed by atoms with van der Waals surface area (Å²) in [6.45, 7) is 1.72. The lowest BCUT2D eigenvalue weighted by molar-refractivity contribution is -0.385. The normalized spacial score (nSPS) is 12.1. The van der Waals surface area contributed by atoms with Crippen molar-refractivity contribution >= 4 is 28.6 Å². The predicted octanol–water partition coefficient (Wildman–Crippen LogP) is 4.83. The smallest absolute Gasteiger partial charge is 0.336 e. The maximum atomic E-state index is 12.1. The van der Waals surface area contributed by atoms with E-state index in [-0.39, 0.29) is 28.3 Å². The van der Waals surface area contributed by atoms with Crippen molar-refractivity contribution < 1.29 is 19.4 Å². The molecule has 0 bridgehead atoms. The minimum Gasteiger partial charge on any atom is -0.507 e. The highest BCUT2D eigenvalue weighted by molar-refractivity contribution is 5.87. The molecule has 170 valence electrons. The van der Waals surface area contributed by atoms with Gasteiger partial charge in [-0.25, -0.2) is 4.79 Å². The maximum absolute atomic E-state index is 12.1. The lowest BCUT2D eigenvalue weighted by atomic mass is 9.95. The summed E-state index contributed by atoms with van der Waals surface area (Å²) in [5.41, 5.74) is 0.657. The highest BCUT2D eigenvalue weighted by Gasteiger charge is 2.24. The molecule has 34 heavy (non-hydrogen) atoms. The molecule has 0 aliphatic rings. The molecular formula is C24H17N3O7. The number of nitrogens with zero attached hydrogens (tertiary/aromatic N) is 3. The number of phenolic OH excluding ortho intramolecular Hbond substituents is 1. The van der Waals surface area contributed by atoms with Gasteiger partial charge in [-0.2, -0.15) is 0 Å². The van der Waals surface area contributed by atoms with Crippen molar-refractivity contribution in [3.63, 3.8) is 0 Å². The predicted molar refractivity (Wildman–Crippen MR) is 125 cm³/mol. The van der Waals surface area contributed by atoms with Crippen LogP contribution in [0.3, 0.4) is 0 Å². The first-order valence-corrected chi connectivity index (χ1v) is 10.0. The number of hydrogen-bond donors (Lipinski definition) is 1. The number of nitro benzene ring substituents is 2. The Balaban J connectivity index is 1.96. The van der Waals surface area contributed by atoms with Gasteiger partial charge in [0.05, 0.1) is 15.4 Å². The summed E-state index contributed by atoms with van der Waals surface area (Å²) in [6.07, 6.45) is 1.36. The van der Waals surface area contributed by atoms with Crippen LogP contribution in [0, 0.1) is 27.2 Å². The fourth-order valence-corrected chi connectivity index (χ4v) is 3.67. The maximum Gasteiger partial charge on any atom is 0.336 e. The summed E-state index contributed by atoms with van der Waals surface area (Å²) in [6, 6.07) is 14.8. The second-order valence-electron chi connectivity index (χ2n) is 7.51. The van der Waals surface area contributed by atoms with Crippen LogP contribution in [0.15, 0.2) is 80.9 Å². The fourth-order valence-electron chi connectivity index (χ4n) is 3.67. The average molecular weight is 459 g/mol. The Hall–Kier alpha value is -4.86. The van der Waals surface area contributed by atoms with E-state index in [1.54, 1.807) is 25.1 Å². The number of nitro groups is 2. The van der Waals surface area contributed by atoms with Gasteiger partial charge in [0.15, 0.2) is 0 Å². The first-order chi connectivity index (χ1) is 16.2. The van der Waals surface area contributed by atoms with Crippen LogP contribution in [-0.4, -0.2) is 21.2 Å². The van der Waals surface area contributed by atoms with Crippen molar-refractivity contribution in [2.75, 3.05) is 0 Å². The third-order valence-electron chi connectivity index (χ3n) is 5.26. The largest absolute Gasteiger partial charge is 0.507 e. The summed E-state index contributed by atoms with van der Waals surface area (Å²) in [5, 5.41) is 33.8. The Morgan fingerprint density at radius 3 is 2.35 bits per heavy atom. The van der Waals surface area contributed by atoms with Gasteiger partial charge in [-0.3, -0.25) is 25.2 Å². The monoisotopic (exact) mass is 459 g/mol. The van der Waals surface area contributed by atoms with Crippen molar-refractivity contribution in [2.45, 2.75) is 13.0 Å². The quantitative estimate of drug-likeness (QED) is 0.188. The number of non-ortho nitro benzene ring substituents is 2. The molecule has 1 aromatic heterocycles. The van der Waals surface area contributed by atoms with Gasteiger partial charge in [-0.05, 0) is 35.7 Å². The van der Waals surface area contributed by atoms with E-state index in [2.05, 4.69) is 4.99 Å². The van der Waals surface area contributed by atoms with Crippen molar-refractivity contribution in [1.82, 2.24) is 0 Å². The second kappa shape index (κ2) is 8.94. The van der Waals surface area contributed by atoms with Crippen LogP contribution in [-0.2, 0) is 0 Å². The number of aryl methyl sites for hydroxylation is 1. The van der Waals surface area contributed by atoms with Crippen LogP contribution in [0.4, 0.5) is 11.4 Å². The molecule has 1 heterocycles. The van der Waals surface area contributed by atoms with E-state index in [0.717, 1.165) is 0 Å². The third-order valence-corrected chi connectivity index (χ3v) is 5.26. The molecule has 0 aliphatic carbocycles. The van der Waals surface area contributed by atoms with Crippen LogP contribution >= 0.6 is 0 Å². The molecule has 0 radical (unpaired) electrons. The Labute approximate surface area is 191 Å². The summed E-state index contributed by atoms with van der Waals surface area (Å²) < 4.78 is 5.42. The molecular weight excluding hydrogens is 442 g/mol. The van der Waals surface area contributed by atoms with Crippen LogP contribution in [0.25, 0.3) is 11.0 Å². The molecule has 1 unspecified atom stereocenters. The summed E-state index contributed by atoms with van der Waals surface area (Å²) >= 11 is 0. The second-order valence-corrected chi connectivity index (χ2v) is 7.51. The van der Waals surface area contributed by atoms with Crippen molar-refractivity contribution in [3.8, 4) is 5.75 Å². The molecule has 0 saturated carbocycles. The number of benzene rings is 3. The van der Waals surface area contributed by atoms with E-state index in [9.17, 15) is 30.1 Å². The Bertz CT molecular complexity index is 1530. The highest BCUT2D eigenvalue weighted by atomic mass is 16.6. The van der Waals surface area contributed by atoms with Crippen LogP contribution in [0.2, 0.25) is 0 Å². The molecule has 3 aromatic carbocycles. The standard InChI is InChI=1S/C24H17N3O7/c1-14-10-21(29)34-24-19(14)8-9-20(28)22(24)23(16-5-3-7-18(12-16)27(32)33)25-13-15-4-2-6-17(11-15)26(30)31/h2-13,23,28H,1H3. The first kappa shape index (κ1) is 22.3. The van der Waals surface area contributed by atoms with Crippen molar-refractivity contribution in [2.24, 2.45) is 4.99 Å². The summed E-state index contributed by atoms with van der Waals surface area (Å²) in [7, 11) is 0. The minimum atomic E-state index is -1.02. The SMILES string of the molecule is Cc1cc(=O)oc2c(C(N=Cc3cccc([N+](=O)[O-])c3)c3cccc([N+](=O)[O-])c3)c(O)ccc12. The molecule has 4 aromatic rings. The number of fused-ring (bicyclic) bond motifs is 1. The average Bonchev–Trinajstić information content (AvgIpc) is 2.80. The Morgan fingerprint density at radius 1 is 0.971 bits per heavy atom. The van der Waals surface area contributed by atoms with Gasteiger partial charge in [0.2, 0.25) is 0 Å². The molecule has 10 nitrogen and oxygen atoms in total.